The van der Waals surface area contributed by atoms with Crippen molar-refractivity contribution in [1.29, 1.82) is 0 Å². The van der Waals surface area contributed by atoms with Crippen molar-refractivity contribution in [2.45, 2.75) is 11.9 Å². The highest BCUT2D eigenvalue weighted by molar-refractivity contribution is 8.00. The van der Waals surface area contributed by atoms with E-state index >= 15 is 0 Å². The van der Waals surface area contributed by atoms with Gasteiger partial charge in [0, 0.05) is 21.6 Å². The SMILES string of the molecule is CCOC(=O)CSc1nc2sccn2c1C=Nc1cc(Cl)cc(Cl)c1. The number of benzene rings is 1. The van der Waals surface area contributed by atoms with Gasteiger partial charge in [-0.2, -0.15) is 0 Å². The number of thioether (sulfide) groups is 1. The van der Waals surface area contributed by atoms with E-state index in [4.69, 9.17) is 27.9 Å². The maximum absolute atomic E-state index is 11.6. The topological polar surface area (TPSA) is 56.0 Å². The second kappa shape index (κ2) is 8.23. The fourth-order valence-electron chi connectivity index (χ4n) is 2.09. The van der Waals surface area contributed by atoms with Gasteiger partial charge in [-0.15, -0.1) is 11.3 Å². The highest BCUT2D eigenvalue weighted by Crippen LogP contribution is 2.27. The van der Waals surface area contributed by atoms with Crippen molar-refractivity contribution in [3.8, 4) is 0 Å². The third-order valence-electron chi connectivity index (χ3n) is 3.08. The molecular formula is C16H13Cl2N3O2S2. The lowest BCUT2D eigenvalue weighted by atomic mass is 10.3. The Balaban J connectivity index is 1.88. The summed E-state index contributed by atoms with van der Waals surface area (Å²) in [5, 5.41) is 3.70. The number of hydrogen-bond donors (Lipinski definition) is 0. The fraction of sp³-hybridized carbons (Fsp3) is 0.188. The first-order valence-electron chi connectivity index (χ1n) is 7.31. The van der Waals surface area contributed by atoms with Crippen molar-refractivity contribution in [1.82, 2.24) is 9.38 Å². The largest absolute Gasteiger partial charge is 0.465 e. The fourth-order valence-corrected chi connectivity index (χ4v) is 4.17. The molecule has 0 radical (unpaired) electrons. The van der Waals surface area contributed by atoms with Crippen molar-refractivity contribution in [2.24, 2.45) is 4.99 Å². The molecule has 0 saturated heterocycles. The van der Waals surface area contributed by atoms with E-state index in [2.05, 4.69) is 9.98 Å². The number of imidazole rings is 1. The summed E-state index contributed by atoms with van der Waals surface area (Å²) in [7, 11) is 0. The zero-order valence-electron chi connectivity index (χ0n) is 13.1. The molecule has 2 heterocycles. The number of carbonyl (C=O) groups excluding carboxylic acids is 1. The van der Waals surface area contributed by atoms with Gasteiger partial charge in [0.2, 0.25) is 0 Å². The summed E-state index contributed by atoms with van der Waals surface area (Å²) < 4.78 is 6.88. The van der Waals surface area contributed by atoms with E-state index < -0.39 is 0 Å². The average molecular weight is 414 g/mol. The van der Waals surface area contributed by atoms with Crippen LogP contribution in [0.3, 0.4) is 0 Å². The molecule has 0 atom stereocenters. The summed E-state index contributed by atoms with van der Waals surface area (Å²) in [5.74, 6) is -0.0731. The van der Waals surface area contributed by atoms with E-state index in [-0.39, 0.29) is 11.7 Å². The van der Waals surface area contributed by atoms with Crippen molar-refractivity contribution < 1.29 is 9.53 Å². The van der Waals surface area contributed by atoms with Crippen LogP contribution >= 0.6 is 46.3 Å². The number of halogens is 2. The monoisotopic (exact) mass is 413 g/mol. The predicted molar refractivity (Wildman–Crippen MR) is 104 cm³/mol. The van der Waals surface area contributed by atoms with Crippen LogP contribution in [-0.4, -0.2) is 33.9 Å². The summed E-state index contributed by atoms with van der Waals surface area (Å²) in [6, 6.07) is 5.10. The summed E-state index contributed by atoms with van der Waals surface area (Å²) in [5.41, 5.74) is 1.44. The van der Waals surface area contributed by atoms with E-state index in [1.165, 1.54) is 23.1 Å². The van der Waals surface area contributed by atoms with E-state index in [1.807, 2.05) is 16.0 Å². The van der Waals surface area contributed by atoms with E-state index in [9.17, 15) is 4.79 Å². The minimum Gasteiger partial charge on any atom is -0.465 e. The third kappa shape index (κ3) is 4.55. The number of rotatable bonds is 6. The Hall–Kier alpha value is -1.54. The van der Waals surface area contributed by atoms with Crippen LogP contribution < -0.4 is 0 Å². The summed E-state index contributed by atoms with van der Waals surface area (Å²) in [6.07, 6.45) is 3.61. The quantitative estimate of drug-likeness (QED) is 0.320. The van der Waals surface area contributed by atoms with Gasteiger partial charge in [0.15, 0.2) is 4.96 Å². The first-order valence-corrected chi connectivity index (χ1v) is 9.93. The van der Waals surface area contributed by atoms with Gasteiger partial charge < -0.3 is 4.74 Å². The highest BCUT2D eigenvalue weighted by atomic mass is 35.5. The Bertz CT molecular complexity index is 917. The normalized spacial score (nSPS) is 11.5. The van der Waals surface area contributed by atoms with Crippen molar-refractivity contribution in [3.63, 3.8) is 0 Å². The molecule has 3 aromatic rings. The molecule has 0 fully saturated rings. The number of aliphatic imine (C=N–C) groups is 1. The molecule has 0 N–H and O–H groups in total. The summed E-state index contributed by atoms with van der Waals surface area (Å²) in [4.78, 5) is 21.4. The standard InChI is InChI=1S/C16H13Cl2N3O2S2/c1-2-23-14(22)9-25-15-13(21-3-4-24-16(21)20-15)8-19-12-6-10(17)5-11(18)7-12/h3-8H,2,9H2,1H3. The summed E-state index contributed by atoms with van der Waals surface area (Å²) >= 11 is 14.8. The molecule has 1 aromatic carbocycles. The van der Waals surface area contributed by atoms with Crippen LogP contribution in [-0.2, 0) is 9.53 Å². The Labute approximate surface area is 162 Å². The maximum Gasteiger partial charge on any atom is 0.316 e. The number of ether oxygens (including phenoxy) is 1. The molecular weight excluding hydrogens is 401 g/mol. The molecule has 0 saturated carbocycles. The van der Waals surface area contributed by atoms with Crippen LogP contribution in [0.4, 0.5) is 5.69 Å². The van der Waals surface area contributed by atoms with Gasteiger partial charge in [0.25, 0.3) is 0 Å². The Morgan fingerprint density at radius 3 is 2.88 bits per heavy atom. The smallest absolute Gasteiger partial charge is 0.316 e. The van der Waals surface area contributed by atoms with Crippen molar-refractivity contribution in [2.75, 3.05) is 12.4 Å². The number of thiazole rings is 1. The number of nitrogens with zero attached hydrogens (tertiary/aromatic N) is 3. The molecule has 0 bridgehead atoms. The summed E-state index contributed by atoms with van der Waals surface area (Å²) in [6.45, 7) is 2.14. The highest BCUT2D eigenvalue weighted by Gasteiger charge is 2.14. The van der Waals surface area contributed by atoms with Crippen molar-refractivity contribution >= 4 is 69.1 Å². The van der Waals surface area contributed by atoms with Crippen LogP contribution in [0.25, 0.3) is 4.96 Å². The average Bonchev–Trinajstić information content (AvgIpc) is 3.11. The minimum absolute atomic E-state index is 0.197. The molecule has 5 nitrogen and oxygen atoms in total. The molecule has 0 aliphatic carbocycles. The second-order valence-corrected chi connectivity index (χ2v) is 7.55. The van der Waals surface area contributed by atoms with Crippen LogP contribution in [0.15, 0.2) is 39.8 Å². The zero-order chi connectivity index (χ0) is 17.8. The Morgan fingerprint density at radius 2 is 2.16 bits per heavy atom. The van der Waals surface area contributed by atoms with Crippen LogP contribution in [0.5, 0.6) is 0 Å². The van der Waals surface area contributed by atoms with Crippen LogP contribution in [0.2, 0.25) is 10.0 Å². The first kappa shape index (κ1) is 18.3. The molecule has 0 amide bonds. The molecule has 0 spiro atoms. The molecule has 0 aliphatic rings. The van der Waals surface area contributed by atoms with Gasteiger partial charge in [0.05, 0.1) is 30.0 Å². The maximum atomic E-state index is 11.6. The lowest BCUT2D eigenvalue weighted by Gasteiger charge is -2.01. The van der Waals surface area contributed by atoms with Crippen LogP contribution in [0.1, 0.15) is 12.6 Å². The zero-order valence-corrected chi connectivity index (χ0v) is 16.3. The second-order valence-electron chi connectivity index (χ2n) is 4.84. The van der Waals surface area contributed by atoms with Gasteiger partial charge in [0.1, 0.15) is 5.03 Å². The third-order valence-corrected chi connectivity index (χ3v) is 5.23. The van der Waals surface area contributed by atoms with Gasteiger partial charge in [-0.1, -0.05) is 35.0 Å². The molecule has 3 rings (SSSR count). The molecule has 0 aliphatic heterocycles. The predicted octanol–water partition coefficient (Wildman–Crippen LogP) is 5.11. The van der Waals surface area contributed by atoms with Crippen LogP contribution in [0, 0.1) is 0 Å². The number of aromatic nitrogens is 2. The Kier molecular flexibility index (Phi) is 6.01. The Morgan fingerprint density at radius 1 is 1.40 bits per heavy atom. The number of hydrogen-bond acceptors (Lipinski definition) is 6. The minimum atomic E-state index is -0.270. The lowest BCUT2D eigenvalue weighted by Crippen LogP contribution is -2.06. The van der Waals surface area contributed by atoms with Gasteiger partial charge >= 0.3 is 5.97 Å². The van der Waals surface area contributed by atoms with Gasteiger partial charge in [-0.05, 0) is 25.1 Å². The number of carbonyl (C=O) groups is 1. The lowest BCUT2D eigenvalue weighted by molar-refractivity contribution is -0.139. The van der Waals surface area contributed by atoms with Crippen molar-refractivity contribution in [3.05, 3.63) is 45.5 Å². The first-order chi connectivity index (χ1) is 12.1. The molecule has 25 heavy (non-hydrogen) atoms. The molecule has 0 unspecified atom stereocenters. The van der Waals surface area contributed by atoms with Gasteiger partial charge in [-0.3, -0.25) is 14.2 Å². The molecule has 9 heteroatoms. The van der Waals surface area contributed by atoms with E-state index in [0.717, 1.165) is 15.7 Å². The molecule has 2 aromatic heterocycles. The molecule has 130 valence electrons. The van der Waals surface area contributed by atoms with E-state index in [0.29, 0.717) is 22.3 Å². The number of fused-ring (bicyclic) bond motifs is 1. The number of esters is 1. The van der Waals surface area contributed by atoms with E-state index in [1.54, 1.807) is 31.3 Å². The van der Waals surface area contributed by atoms with Gasteiger partial charge in [-0.25, -0.2) is 4.98 Å².